The van der Waals surface area contributed by atoms with Gasteiger partial charge < -0.3 is 47.7 Å². The number of amides is 2. The third-order valence-corrected chi connectivity index (χ3v) is 13.9. The molecule has 22 heteroatoms. The lowest BCUT2D eigenvalue weighted by atomic mass is 9.99. The number of Topliss-reactive ketones (excluding diaryl/α,β-unsaturated/α-hetero) is 2. The van der Waals surface area contributed by atoms with Gasteiger partial charge in [0.05, 0.1) is 47.3 Å². The van der Waals surface area contributed by atoms with Crippen LogP contribution in [0.5, 0.6) is 5.75 Å². The number of nitrogens with one attached hydrogen (secondary N) is 6. The first kappa shape index (κ1) is 58.9. The molecule has 2 heterocycles. The van der Waals surface area contributed by atoms with Gasteiger partial charge in [-0.1, -0.05) is 84.0 Å². The van der Waals surface area contributed by atoms with E-state index in [2.05, 4.69) is 48.8 Å². The molecule has 2 amide bonds. The summed E-state index contributed by atoms with van der Waals surface area (Å²) in [5.41, 5.74) is 11.8. The minimum atomic E-state index is -1.00. The number of nitrogens with two attached hydrogens (primary N) is 2. The Balaban J connectivity index is 1.35. The van der Waals surface area contributed by atoms with Gasteiger partial charge in [-0.25, -0.2) is 14.6 Å². The average Bonchev–Trinajstić information content (AvgIpc) is 3.99. The van der Waals surface area contributed by atoms with Crippen LogP contribution in [0, 0.1) is 5.92 Å². The smallest absolute Gasteiger partial charge is 0.330 e. The lowest BCUT2D eigenvalue weighted by Gasteiger charge is -2.20. The molecule has 0 spiro atoms. The molecule has 2 unspecified atom stereocenters. The fourth-order valence-corrected chi connectivity index (χ4v) is 9.46. The summed E-state index contributed by atoms with van der Waals surface area (Å²) in [7, 11) is 0. The van der Waals surface area contributed by atoms with E-state index < -0.39 is 79.2 Å². The summed E-state index contributed by atoms with van der Waals surface area (Å²) in [5.74, 6) is -4.26. The molecule has 0 bridgehead atoms. The molecular formula is C47H76N10O10S2. The molecule has 69 heavy (non-hydrogen) atoms. The number of nitrogens with zero attached hydrogens (tertiary/aromatic N) is 2. The third-order valence-electron chi connectivity index (χ3n) is 11.7. The van der Waals surface area contributed by atoms with E-state index >= 15 is 0 Å². The number of carboxylic acid groups (broad SMARTS) is 2. The normalized spacial score (nSPS) is 15.3. The van der Waals surface area contributed by atoms with Crippen LogP contribution in [0.15, 0.2) is 23.2 Å². The van der Waals surface area contributed by atoms with E-state index in [1.54, 1.807) is 32.0 Å². The Morgan fingerprint density at radius 2 is 1.43 bits per heavy atom. The lowest BCUT2D eigenvalue weighted by molar-refractivity contribution is -0.142. The average molecular weight is 1010 g/mol. The van der Waals surface area contributed by atoms with Crippen LogP contribution >= 0.6 is 23.1 Å². The van der Waals surface area contributed by atoms with Gasteiger partial charge in [-0.05, 0) is 51.8 Å². The van der Waals surface area contributed by atoms with Gasteiger partial charge in [-0.3, -0.25) is 39.6 Å². The molecule has 0 fully saturated rings. The molecule has 0 saturated heterocycles. The molecule has 0 aliphatic carbocycles. The van der Waals surface area contributed by atoms with Crippen molar-refractivity contribution in [1.82, 2.24) is 36.9 Å². The standard InChI is InChI=1S/C47H76N10O10S2/c1-4-5-6-7-8-9-10-11-12-13-14-15-17-32(45(63)64)25-52-30(2)37(58)21-23-50-31(3)38(59)26-53-35(18-16-22-51-47(48)49)42(62)55-27-40(60)54-28-41(61)67-33-19-20-34-39(24-33)69-44(56-34)43-57-36(29-68-43)46(65)66/h19-20,24,30-32,35-36,47,50-53H,4-18,21-23,25-29,48-49H2,1-3H3,(H,54,60)(H,55,62)(H,63,64)(H,65,66)/t30-,31-,32?,35-,36?/m0/s1. The van der Waals surface area contributed by atoms with Crippen molar-refractivity contribution in [2.75, 3.05) is 45.0 Å². The fraction of sp³-hybridized carbons (Fsp3) is 0.681. The minimum absolute atomic E-state index is 0.114. The van der Waals surface area contributed by atoms with Gasteiger partial charge in [0.2, 0.25) is 11.8 Å². The first-order chi connectivity index (χ1) is 33.1. The second-order valence-electron chi connectivity index (χ2n) is 17.5. The van der Waals surface area contributed by atoms with Crippen molar-refractivity contribution in [3.63, 3.8) is 0 Å². The molecule has 3 rings (SSSR count). The van der Waals surface area contributed by atoms with Crippen molar-refractivity contribution in [1.29, 1.82) is 0 Å². The van der Waals surface area contributed by atoms with Crippen molar-refractivity contribution in [3.8, 4) is 5.75 Å². The van der Waals surface area contributed by atoms with E-state index in [1.165, 1.54) is 80.9 Å². The van der Waals surface area contributed by atoms with Crippen LogP contribution in [0.3, 0.4) is 0 Å². The summed E-state index contributed by atoms with van der Waals surface area (Å²) in [6.07, 6.45) is 15.1. The van der Waals surface area contributed by atoms with Crippen molar-refractivity contribution < 1.29 is 48.5 Å². The number of hydrogen-bond acceptors (Lipinski definition) is 18. The second kappa shape index (κ2) is 33.2. The Morgan fingerprint density at radius 3 is 2.07 bits per heavy atom. The Labute approximate surface area is 413 Å². The van der Waals surface area contributed by atoms with Gasteiger partial charge in [0.15, 0.2) is 17.6 Å². The van der Waals surface area contributed by atoms with E-state index in [0.29, 0.717) is 45.4 Å². The Kier molecular flexibility index (Phi) is 28.4. The van der Waals surface area contributed by atoms with Crippen molar-refractivity contribution >= 4 is 79.6 Å². The number of ether oxygens (including phenoxy) is 1. The number of fused-ring (bicyclic) bond motifs is 1. The molecule has 1 aliphatic rings. The zero-order chi connectivity index (χ0) is 50.6. The number of ketones is 2. The summed E-state index contributed by atoms with van der Waals surface area (Å²) >= 11 is 2.59. The Hall–Kier alpha value is -4.42. The van der Waals surface area contributed by atoms with Gasteiger partial charge in [0.1, 0.15) is 28.6 Å². The van der Waals surface area contributed by atoms with Gasteiger partial charge in [-0.2, -0.15) is 0 Å². The van der Waals surface area contributed by atoms with E-state index in [0.717, 1.165) is 19.3 Å². The monoisotopic (exact) mass is 1000 g/mol. The molecule has 5 atom stereocenters. The second-order valence-corrected chi connectivity index (χ2v) is 19.5. The molecule has 20 nitrogen and oxygen atoms in total. The number of carboxylic acids is 2. The largest absolute Gasteiger partial charge is 0.481 e. The van der Waals surface area contributed by atoms with Crippen LogP contribution in [0.1, 0.15) is 129 Å². The topological polar surface area (TPSA) is 319 Å². The number of benzene rings is 1. The number of aliphatic imine (C=N–C) groups is 1. The number of aromatic nitrogens is 1. The number of rotatable bonds is 39. The Morgan fingerprint density at radius 1 is 0.768 bits per heavy atom. The van der Waals surface area contributed by atoms with Crippen LogP contribution in [-0.4, -0.2) is 137 Å². The summed E-state index contributed by atoms with van der Waals surface area (Å²) in [4.78, 5) is 96.3. The van der Waals surface area contributed by atoms with Crippen LogP contribution in [0.2, 0.25) is 0 Å². The Bertz CT molecular complexity index is 1990. The number of carbonyl (C=O) groups is 7. The van der Waals surface area contributed by atoms with Crippen molar-refractivity contribution in [3.05, 3.63) is 23.2 Å². The van der Waals surface area contributed by atoms with E-state index in [-0.39, 0.29) is 49.8 Å². The number of aliphatic carboxylic acids is 2. The first-order valence-electron chi connectivity index (χ1n) is 24.4. The highest BCUT2D eigenvalue weighted by Crippen LogP contribution is 2.32. The number of hydrogen-bond donors (Lipinski definition) is 10. The molecule has 0 radical (unpaired) electrons. The summed E-state index contributed by atoms with van der Waals surface area (Å²) < 4.78 is 6.08. The summed E-state index contributed by atoms with van der Waals surface area (Å²) in [6, 6.07) is 1.89. The predicted octanol–water partition coefficient (Wildman–Crippen LogP) is 3.19. The van der Waals surface area contributed by atoms with E-state index in [1.807, 2.05) is 0 Å². The van der Waals surface area contributed by atoms with E-state index in [9.17, 15) is 43.8 Å². The van der Waals surface area contributed by atoms with Gasteiger partial charge >= 0.3 is 17.9 Å². The molecular weight excluding hydrogens is 929 g/mol. The van der Waals surface area contributed by atoms with Crippen molar-refractivity contribution in [2.24, 2.45) is 22.4 Å². The number of carbonyl (C=O) groups excluding carboxylic acids is 5. The molecule has 1 aliphatic heterocycles. The summed E-state index contributed by atoms with van der Waals surface area (Å²) in [5, 5.41) is 37.0. The molecule has 0 saturated carbocycles. The lowest BCUT2D eigenvalue weighted by Crippen LogP contribution is -2.51. The van der Waals surface area contributed by atoms with E-state index in [4.69, 9.17) is 16.2 Å². The van der Waals surface area contributed by atoms with Crippen LogP contribution in [0.25, 0.3) is 10.2 Å². The molecule has 1 aromatic carbocycles. The maximum absolute atomic E-state index is 13.2. The minimum Gasteiger partial charge on any atom is -0.481 e. The van der Waals surface area contributed by atoms with Gasteiger partial charge in [0, 0.05) is 31.3 Å². The van der Waals surface area contributed by atoms with Crippen LogP contribution < -0.4 is 48.1 Å². The number of thiazole rings is 1. The predicted molar refractivity (Wildman–Crippen MR) is 269 cm³/mol. The molecule has 386 valence electrons. The van der Waals surface area contributed by atoms with Crippen LogP contribution in [0.4, 0.5) is 0 Å². The maximum Gasteiger partial charge on any atom is 0.330 e. The molecule has 1 aromatic heterocycles. The SMILES string of the molecule is CCCCCCCCCCCCCCC(CN[C@@H](C)C(=O)CCN[C@@H](C)C(=O)CN[C@@H](CCCNC(N)N)C(=O)NCC(=O)NCC(=O)Oc1ccc2nc(C3=NC(C(=O)O)CS3)sc2c1)C(=O)O. The molecule has 2 aromatic rings. The zero-order valence-electron chi connectivity index (χ0n) is 40.5. The third kappa shape index (κ3) is 23.8. The first-order valence-corrected chi connectivity index (χ1v) is 26.2. The van der Waals surface area contributed by atoms with Crippen LogP contribution in [-0.2, 0) is 33.6 Å². The number of thioether (sulfide) groups is 1. The highest BCUT2D eigenvalue weighted by Gasteiger charge is 2.27. The maximum atomic E-state index is 13.2. The van der Waals surface area contributed by atoms with Gasteiger partial charge in [-0.15, -0.1) is 23.1 Å². The fourth-order valence-electron chi connectivity index (χ4n) is 7.37. The quantitative estimate of drug-likeness (QED) is 0.0199. The number of esters is 1. The summed E-state index contributed by atoms with van der Waals surface area (Å²) in [6.45, 7) is 5.25. The van der Waals surface area contributed by atoms with Crippen molar-refractivity contribution in [2.45, 2.75) is 154 Å². The molecule has 12 N–H and O–H groups in total. The number of unbranched alkanes of at least 4 members (excludes halogenated alkanes) is 11. The van der Waals surface area contributed by atoms with Gasteiger partial charge in [0.25, 0.3) is 0 Å². The highest BCUT2D eigenvalue weighted by atomic mass is 32.2. The highest BCUT2D eigenvalue weighted by molar-refractivity contribution is 8.15. The zero-order valence-corrected chi connectivity index (χ0v) is 42.1.